The summed E-state index contributed by atoms with van der Waals surface area (Å²) in [7, 11) is 1.14. The van der Waals surface area contributed by atoms with Gasteiger partial charge in [0.1, 0.15) is 5.82 Å². The molecule has 0 aliphatic heterocycles. The third-order valence-electron chi connectivity index (χ3n) is 3.08. The fourth-order valence-electron chi connectivity index (χ4n) is 1.90. The number of hydrogen-bond acceptors (Lipinski definition) is 7. The second-order valence-corrected chi connectivity index (χ2v) is 6.04. The number of aromatic amines is 1. The van der Waals surface area contributed by atoms with Gasteiger partial charge in [-0.3, -0.25) is 9.89 Å². The molecule has 0 bridgehead atoms. The molecule has 0 spiro atoms. The Labute approximate surface area is 149 Å². The van der Waals surface area contributed by atoms with Crippen LogP contribution in [0.1, 0.15) is 20.2 Å². The summed E-state index contributed by atoms with van der Waals surface area (Å²) in [4.78, 5) is 24.1. The Kier molecular flexibility index (Phi) is 4.72. The Morgan fingerprint density at radius 3 is 2.84 bits per heavy atom. The van der Waals surface area contributed by atoms with Crippen molar-refractivity contribution in [1.82, 2.24) is 20.4 Å². The molecule has 0 unspecified atom stereocenters. The zero-order valence-electron chi connectivity index (χ0n) is 12.5. The average Bonchev–Trinajstić information content (AvgIpc) is 3.28. The summed E-state index contributed by atoms with van der Waals surface area (Å²) in [6, 6.07) is 2.01. The number of carbonyl (C=O) groups is 2. The van der Waals surface area contributed by atoms with Gasteiger partial charge >= 0.3 is 5.97 Å². The van der Waals surface area contributed by atoms with Crippen molar-refractivity contribution in [2.45, 2.75) is 0 Å². The van der Waals surface area contributed by atoms with E-state index in [0.717, 1.165) is 30.6 Å². The van der Waals surface area contributed by atoms with Gasteiger partial charge < -0.3 is 10.1 Å². The van der Waals surface area contributed by atoms with Crippen LogP contribution in [0.2, 0.25) is 5.02 Å². The number of H-pyrrole nitrogens is 1. The molecule has 2 heterocycles. The molecular formula is C14H9ClFN5O3S. The summed E-state index contributed by atoms with van der Waals surface area (Å²) in [6.07, 6.45) is 3.15. The van der Waals surface area contributed by atoms with Gasteiger partial charge in [-0.25, -0.2) is 9.18 Å². The molecule has 3 aromatic rings. The molecule has 0 radical (unpaired) electrons. The molecule has 11 heteroatoms. The number of benzene rings is 1. The smallest absolute Gasteiger partial charge is 0.340 e. The third-order valence-corrected chi connectivity index (χ3v) is 4.34. The van der Waals surface area contributed by atoms with Crippen molar-refractivity contribution < 1.29 is 18.7 Å². The predicted octanol–water partition coefficient (Wildman–Crippen LogP) is 2.76. The fraction of sp³-hybridized carbons (Fsp3) is 0.0714. The molecule has 1 aromatic carbocycles. The lowest BCUT2D eigenvalue weighted by Gasteiger charge is -2.09. The van der Waals surface area contributed by atoms with E-state index < -0.39 is 17.7 Å². The standard InChI is InChI=1S/C14H9ClFN5O3S/c1-24-14(23)7-2-9(16)8(15)3-10(7)19-11(22)13-21-20-12(25-13)6-4-17-18-5-6/h2-5H,1H3,(H,17,18)(H,19,22). The van der Waals surface area contributed by atoms with E-state index >= 15 is 0 Å². The maximum absolute atomic E-state index is 13.6. The molecule has 0 saturated carbocycles. The van der Waals surface area contributed by atoms with Crippen molar-refractivity contribution >= 4 is 40.5 Å². The fourth-order valence-corrected chi connectivity index (χ4v) is 2.79. The SMILES string of the molecule is COC(=O)c1cc(F)c(Cl)cc1NC(=O)c1nnc(-c2cn[nH]c2)s1. The first kappa shape index (κ1) is 17.0. The number of aromatic nitrogens is 4. The molecule has 0 fully saturated rings. The van der Waals surface area contributed by atoms with Crippen LogP contribution in [-0.2, 0) is 4.74 Å². The molecule has 2 N–H and O–H groups in total. The molecular weight excluding hydrogens is 373 g/mol. The molecule has 1 amide bonds. The Morgan fingerprint density at radius 2 is 2.16 bits per heavy atom. The maximum Gasteiger partial charge on any atom is 0.340 e. The van der Waals surface area contributed by atoms with Crippen molar-refractivity contribution in [1.29, 1.82) is 0 Å². The highest BCUT2D eigenvalue weighted by molar-refractivity contribution is 7.16. The molecule has 3 rings (SSSR count). The monoisotopic (exact) mass is 381 g/mol. The largest absolute Gasteiger partial charge is 0.465 e. The van der Waals surface area contributed by atoms with E-state index in [2.05, 4.69) is 30.4 Å². The summed E-state index contributed by atoms with van der Waals surface area (Å²) >= 11 is 6.75. The first-order valence-corrected chi connectivity index (χ1v) is 7.90. The van der Waals surface area contributed by atoms with Crippen molar-refractivity contribution in [2.75, 3.05) is 12.4 Å². The highest BCUT2D eigenvalue weighted by Crippen LogP contribution is 2.27. The van der Waals surface area contributed by atoms with Gasteiger partial charge in [-0.2, -0.15) is 5.10 Å². The molecule has 0 aliphatic rings. The molecule has 128 valence electrons. The lowest BCUT2D eigenvalue weighted by molar-refractivity contribution is 0.0601. The van der Waals surface area contributed by atoms with Crippen molar-refractivity contribution in [3.63, 3.8) is 0 Å². The number of amides is 1. The van der Waals surface area contributed by atoms with Gasteiger partial charge in [0.25, 0.3) is 5.91 Å². The van der Waals surface area contributed by atoms with E-state index in [4.69, 9.17) is 11.6 Å². The number of anilines is 1. The van der Waals surface area contributed by atoms with Gasteiger partial charge in [0, 0.05) is 6.20 Å². The second kappa shape index (κ2) is 6.95. The highest BCUT2D eigenvalue weighted by atomic mass is 35.5. The van der Waals surface area contributed by atoms with E-state index in [9.17, 15) is 14.0 Å². The lowest BCUT2D eigenvalue weighted by Crippen LogP contribution is -2.15. The Morgan fingerprint density at radius 1 is 1.36 bits per heavy atom. The number of ether oxygens (including phenoxy) is 1. The third kappa shape index (κ3) is 3.49. The first-order valence-electron chi connectivity index (χ1n) is 6.71. The second-order valence-electron chi connectivity index (χ2n) is 4.66. The predicted molar refractivity (Wildman–Crippen MR) is 88.2 cm³/mol. The molecule has 0 saturated heterocycles. The van der Waals surface area contributed by atoms with E-state index in [1.165, 1.54) is 6.20 Å². The van der Waals surface area contributed by atoms with Gasteiger partial charge in [0.05, 0.1) is 35.1 Å². The van der Waals surface area contributed by atoms with Crippen molar-refractivity contribution in [3.05, 3.63) is 45.9 Å². The topological polar surface area (TPSA) is 110 Å². The highest BCUT2D eigenvalue weighted by Gasteiger charge is 2.20. The quantitative estimate of drug-likeness (QED) is 0.672. The van der Waals surface area contributed by atoms with E-state index in [0.29, 0.717) is 10.6 Å². The van der Waals surface area contributed by atoms with Gasteiger partial charge in [-0.1, -0.05) is 22.9 Å². The van der Waals surface area contributed by atoms with E-state index in [1.807, 2.05) is 0 Å². The lowest BCUT2D eigenvalue weighted by atomic mass is 10.1. The van der Waals surface area contributed by atoms with Crippen LogP contribution in [0, 0.1) is 5.82 Å². The Bertz CT molecular complexity index is 944. The number of carbonyl (C=O) groups excluding carboxylic acids is 2. The zero-order valence-corrected chi connectivity index (χ0v) is 14.1. The minimum atomic E-state index is -0.817. The van der Waals surface area contributed by atoms with Crippen LogP contribution in [0.15, 0.2) is 24.5 Å². The van der Waals surface area contributed by atoms with Crippen LogP contribution in [0.25, 0.3) is 10.6 Å². The normalized spacial score (nSPS) is 10.5. The van der Waals surface area contributed by atoms with Crippen LogP contribution in [-0.4, -0.2) is 39.4 Å². The van der Waals surface area contributed by atoms with Gasteiger partial charge in [-0.05, 0) is 12.1 Å². The number of methoxy groups -OCH3 is 1. The average molecular weight is 382 g/mol. The maximum atomic E-state index is 13.6. The van der Waals surface area contributed by atoms with Crippen LogP contribution in [0.3, 0.4) is 0 Å². The van der Waals surface area contributed by atoms with E-state index in [-0.39, 0.29) is 21.3 Å². The van der Waals surface area contributed by atoms with Crippen LogP contribution in [0.5, 0.6) is 0 Å². The van der Waals surface area contributed by atoms with E-state index in [1.54, 1.807) is 6.20 Å². The van der Waals surface area contributed by atoms with Crippen molar-refractivity contribution in [2.24, 2.45) is 0 Å². The number of rotatable bonds is 4. The summed E-state index contributed by atoms with van der Waals surface area (Å²) < 4.78 is 18.2. The van der Waals surface area contributed by atoms with Crippen molar-refractivity contribution in [3.8, 4) is 10.6 Å². The van der Waals surface area contributed by atoms with Crippen LogP contribution >= 0.6 is 22.9 Å². The van der Waals surface area contributed by atoms with Gasteiger partial charge in [0.15, 0.2) is 5.01 Å². The summed E-state index contributed by atoms with van der Waals surface area (Å²) in [5, 5.41) is 16.9. The molecule has 25 heavy (non-hydrogen) atoms. The number of esters is 1. The summed E-state index contributed by atoms with van der Waals surface area (Å²) in [6.45, 7) is 0. The molecule has 0 atom stereocenters. The minimum Gasteiger partial charge on any atom is -0.465 e. The summed E-state index contributed by atoms with van der Waals surface area (Å²) in [5.74, 6) is -2.25. The summed E-state index contributed by atoms with van der Waals surface area (Å²) in [5.41, 5.74) is 0.511. The zero-order chi connectivity index (χ0) is 18.0. The molecule has 8 nitrogen and oxygen atoms in total. The number of nitrogens with one attached hydrogen (secondary N) is 2. The van der Waals surface area contributed by atoms with Gasteiger partial charge in [0.2, 0.25) is 5.01 Å². The molecule has 2 aromatic heterocycles. The molecule has 0 aliphatic carbocycles. The Hall–Kier alpha value is -2.85. The first-order chi connectivity index (χ1) is 12.0. The Balaban J connectivity index is 1.88. The number of halogens is 2. The minimum absolute atomic E-state index is 0.00307. The van der Waals surface area contributed by atoms with Gasteiger partial charge in [-0.15, -0.1) is 10.2 Å². The van der Waals surface area contributed by atoms with Crippen LogP contribution in [0.4, 0.5) is 10.1 Å². The number of nitrogens with zero attached hydrogens (tertiary/aromatic N) is 3. The number of hydrogen-bond donors (Lipinski definition) is 2. The van der Waals surface area contributed by atoms with Crippen LogP contribution < -0.4 is 5.32 Å².